The minimum atomic E-state index is -0.155. The first-order chi connectivity index (χ1) is 19.2. The third kappa shape index (κ3) is 3.78. The lowest BCUT2D eigenvalue weighted by Gasteiger charge is -2.40. The maximum absolute atomic E-state index is 5.63. The van der Waals surface area contributed by atoms with E-state index in [0.29, 0.717) is 5.84 Å². The molecule has 2 aliphatic rings. The van der Waals surface area contributed by atoms with Gasteiger partial charge in [-0.15, -0.1) is 0 Å². The molecule has 39 heavy (non-hydrogen) atoms. The topological polar surface area (TPSA) is 67.0 Å². The number of anilines is 2. The summed E-state index contributed by atoms with van der Waals surface area (Å²) in [5, 5.41) is 8.52. The summed E-state index contributed by atoms with van der Waals surface area (Å²) in [7, 11) is 1.67. The highest BCUT2D eigenvalue weighted by Gasteiger charge is 2.41. The number of aromatic nitrogens is 2. The van der Waals surface area contributed by atoms with E-state index < -0.39 is 0 Å². The van der Waals surface area contributed by atoms with E-state index in [1.54, 1.807) is 7.11 Å². The molecule has 0 saturated heterocycles. The molecule has 0 radical (unpaired) electrons. The van der Waals surface area contributed by atoms with Gasteiger partial charge in [0.25, 0.3) is 0 Å². The van der Waals surface area contributed by atoms with Gasteiger partial charge >= 0.3 is 0 Å². The summed E-state index contributed by atoms with van der Waals surface area (Å²) in [6.45, 7) is 2.06. The van der Waals surface area contributed by atoms with Gasteiger partial charge < -0.3 is 15.0 Å². The van der Waals surface area contributed by atoms with E-state index in [0.717, 1.165) is 57.0 Å². The van der Waals surface area contributed by atoms with E-state index in [1.807, 2.05) is 71.4 Å². The van der Waals surface area contributed by atoms with Crippen molar-refractivity contribution >= 4 is 34.6 Å². The fourth-order valence-electron chi connectivity index (χ4n) is 5.37. The van der Waals surface area contributed by atoms with Gasteiger partial charge in [-0.3, -0.25) is 0 Å². The maximum Gasteiger partial charge on any atom is 0.179 e. The lowest BCUT2D eigenvalue weighted by molar-refractivity contribution is 0.417. The van der Waals surface area contributed by atoms with E-state index in [9.17, 15) is 0 Å². The Morgan fingerprint density at radius 3 is 2.26 bits per heavy atom. The summed E-state index contributed by atoms with van der Waals surface area (Å²) in [4.78, 5) is 12.6. The zero-order valence-electron chi connectivity index (χ0n) is 21.6. The molecule has 190 valence electrons. The summed E-state index contributed by atoms with van der Waals surface area (Å²) < 4.78 is 7.57. The Hall–Kier alpha value is -5.17. The fourth-order valence-corrected chi connectivity index (χ4v) is 5.37. The van der Waals surface area contributed by atoms with Crippen LogP contribution < -0.4 is 15.0 Å². The number of hydrogen-bond donors (Lipinski definition) is 1. The van der Waals surface area contributed by atoms with Crippen LogP contribution >= 0.6 is 0 Å². The second-order valence-electron chi connectivity index (χ2n) is 9.46. The third-order valence-electron chi connectivity index (χ3n) is 7.11. The molecule has 0 saturated carbocycles. The van der Waals surface area contributed by atoms with E-state index in [1.165, 1.54) is 0 Å². The predicted molar refractivity (Wildman–Crippen MR) is 156 cm³/mol. The molecule has 1 aromatic heterocycles. The van der Waals surface area contributed by atoms with Crippen LogP contribution in [0.1, 0.15) is 22.9 Å². The molecular weight excluding hydrogens is 484 g/mol. The van der Waals surface area contributed by atoms with Crippen molar-refractivity contribution in [1.82, 2.24) is 9.78 Å². The summed E-state index contributed by atoms with van der Waals surface area (Å²) >= 11 is 0. The maximum atomic E-state index is 5.63. The van der Waals surface area contributed by atoms with E-state index >= 15 is 0 Å². The number of amidine groups is 2. The van der Waals surface area contributed by atoms with Gasteiger partial charge in [0.1, 0.15) is 5.75 Å². The Bertz CT molecular complexity index is 1740. The fraction of sp³-hybridized carbons (Fsp3) is 0.0938. The van der Waals surface area contributed by atoms with Crippen LogP contribution in [-0.4, -0.2) is 28.6 Å². The highest BCUT2D eigenvalue weighted by atomic mass is 16.5. The van der Waals surface area contributed by atoms with Crippen LogP contribution in [0, 0.1) is 6.92 Å². The molecule has 0 aliphatic carbocycles. The molecule has 7 nitrogen and oxygen atoms in total. The highest BCUT2D eigenvalue weighted by Crippen LogP contribution is 2.48. The van der Waals surface area contributed by atoms with Crippen LogP contribution in [0.3, 0.4) is 0 Å². The number of rotatable bonds is 4. The van der Waals surface area contributed by atoms with Crippen molar-refractivity contribution < 1.29 is 4.74 Å². The Kier molecular flexibility index (Phi) is 5.48. The first-order valence-corrected chi connectivity index (χ1v) is 12.9. The van der Waals surface area contributed by atoms with Gasteiger partial charge in [0, 0.05) is 5.56 Å². The van der Waals surface area contributed by atoms with Crippen LogP contribution in [0.2, 0.25) is 0 Å². The molecule has 3 heterocycles. The largest absolute Gasteiger partial charge is 0.495 e. The summed E-state index contributed by atoms with van der Waals surface area (Å²) in [6.07, 6.45) is 0. The highest BCUT2D eigenvalue weighted by molar-refractivity contribution is 6.51. The number of methoxy groups -OCH3 is 1. The summed E-state index contributed by atoms with van der Waals surface area (Å²) in [5.41, 5.74) is 6.79. The number of benzene rings is 4. The quantitative estimate of drug-likeness (QED) is 0.283. The summed E-state index contributed by atoms with van der Waals surface area (Å²) in [6, 6.07) is 36.5. The number of aliphatic imine (C=N–C) groups is 2. The smallest absolute Gasteiger partial charge is 0.179 e. The van der Waals surface area contributed by atoms with Crippen LogP contribution in [0.25, 0.3) is 5.69 Å². The predicted octanol–water partition coefficient (Wildman–Crippen LogP) is 6.98. The zero-order valence-corrected chi connectivity index (χ0v) is 21.6. The van der Waals surface area contributed by atoms with Crippen LogP contribution in [0.4, 0.5) is 22.9 Å². The van der Waals surface area contributed by atoms with Crippen LogP contribution in [0.15, 0.2) is 119 Å². The molecule has 4 aromatic carbocycles. The average molecular weight is 511 g/mol. The van der Waals surface area contributed by atoms with E-state index in [2.05, 4.69) is 59.6 Å². The molecule has 0 unspecified atom stereocenters. The van der Waals surface area contributed by atoms with Crippen LogP contribution in [0.5, 0.6) is 5.75 Å². The Morgan fingerprint density at radius 2 is 1.46 bits per heavy atom. The minimum Gasteiger partial charge on any atom is -0.495 e. The second-order valence-corrected chi connectivity index (χ2v) is 9.46. The monoisotopic (exact) mass is 510 g/mol. The van der Waals surface area contributed by atoms with E-state index in [-0.39, 0.29) is 6.04 Å². The van der Waals surface area contributed by atoms with Crippen molar-refractivity contribution in [2.24, 2.45) is 9.98 Å². The van der Waals surface area contributed by atoms with Gasteiger partial charge in [0.15, 0.2) is 17.5 Å². The third-order valence-corrected chi connectivity index (χ3v) is 7.11. The number of aryl methyl sites for hydroxylation is 1. The van der Waals surface area contributed by atoms with Crippen molar-refractivity contribution in [3.05, 3.63) is 126 Å². The van der Waals surface area contributed by atoms with E-state index in [4.69, 9.17) is 19.8 Å². The molecule has 7 heteroatoms. The molecule has 7 rings (SSSR count). The molecule has 0 amide bonds. The van der Waals surface area contributed by atoms with Gasteiger partial charge in [-0.1, -0.05) is 72.8 Å². The Labute approximate surface area is 226 Å². The molecule has 0 spiro atoms. The Balaban J connectivity index is 1.50. The lowest BCUT2D eigenvalue weighted by atomic mass is 9.93. The molecule has 1 N–H and O–H groups in total. The number of nitrogens with zero attached hydrogens (tertiary/aromatic N) is 5. The number of para-hydroxylation sites is 5. The van der Waals surface area contributed by atoms with Gasteiger partial charge in [-0.25, -0.2) is 14.7 Å². The number of ether oxygens (including phenoxy) is 1. The molecule has 2 aliphatic heterocycles. The zero-order chi connectivity index (χ0) is 26.3. The molecule has 5 aromatic rings. The first kappa shape index (κ1) is 23.0. The first-order valence-electron chi connectivity index (χ1n) is 12.9. The Morgan fingerprint density at radius 1 is 0.769 bits per heavy atom. The van der Waals surface area contributed by atoms with Gasteiger partial charge in [-0.05, 0) is 48.9 Å². The second kappa shape index (κ2) is 9.29. The lowest BCUT2D eigenvalue weighted by Crippen LogP contribution is -2.46. The van der Waals surface area contributed by atoms with Crippen molar-refractivity contribution in [1.29, 1.82) is 0 Å². The van der Waals surface area contributed by atoms with Crippen molar-refractivity contribution in [2.75, 3.05) is 17.3 Å². The number of fused-ring (bicyclic) bond motifs is 4. The van der Waals surface area contributed by atoms with Crippen LogP contribution in [-0.2, 0) is 0 Å². The molecular formula is C32H26N6O. The van der Waals surface area contributed by atoms with Crippen molar-refractivity contribution in [3.8, 4) is 11.4 Å². The van der Waals surface area contributed by atoms with Crippen molar-refractivity contribution in [3.63, 3.8) is 0 Å². The van der Waals surface area contributed by atoms with Gasteiger partial charge in [-0.2, -0.15) is 5.10 Å². The summed E-state index contributed by atoms with van der Waals surface area (Å²) in [5.74, 6) is 2.89. The molecule has 0 bridgehead atoms. The van der Waals surface area contributed by atoms with Gasteiger partial charge in [0.2, 0.25) is 0 Å². The van der Waals surface area contributed by atoms with Crippen molar-refractivity contribution in [2.45, 2.75) is 13.0 Å². The number of hydrogen-bond acceptors (Lipinski definition) is 6. The number of nitrogens with one attached hydrogen (secondary N) is 1. The molecule has 0 fully saturated rings. The normalized spacial score (nSPS) is 15.4. The minimum absolute atomic E-state index is 0.155. The SMILES string of the molecule is COc1ccccc1NC1=Nc2ccccc2N2C1=Nc1c(c(C)nn1-c1ccccc1)[C@@H]2c1ccccc1. The standard InChI is InChI=1S/C32H26N6O/c1-21-28-29(22-13-5-3-6-14-22)37-26-19-11-9-17-24(26)33-30(34-25-18-10-12-20-27(25)39-2)32(37)35-31(28)38(36-21)23-15-7-4-8-16-23/h3-20,29H,1-2H3,(H,33,34)/t29-/m0/s1. The average Bonchev–Trinajstić information content (AvgIpc) is 3.33. The molecule has 1 atom stereocenters. The van der Waals surface area contributed by atoms with Gasteiger partial charge in [0.05, 0.1) is 41.6 Å².